The molecule has 2 aromatic carbocycles. The molecule has 2 bridgehead atoms. The van der Waals surface area contributed by atoms with Gasteiger partial charge in [-0.2, -0.15) is 13.2 Å². The van der Waals surface area contributed by atoms with Crippen molar-refractivity contribution in [3.05, 3.63) is 92.9 Å². The monoisotopic (exact) mass is 840 g/mol. The maximum Gasteiger partial charge on any atom is 0.416 e. The quantitative estimate of drug-likeness (QED) is 0.232. The van der Waals surface area contributed by atoms with Gasteiger partial charge in [-0.05, 0) is 43.9 Å². The number of carbonyl (C=O) groups excluding carboxylic acids is 6. The Balaban J connectivity index is 1.47. The van der Waals surface area contributed by atoms with Crippen molar-refractivity contribution in [3.8, 4) is 10.6 Å². The molecule has 58 heavy (non-hydrogen) atoms. The maximum absolute atomic E-state index is 14.1. The molecule has 2 aromatic heterocycles. The molecule has 6 amide bonds. The van der Waals surface area contributed by atoms with Gasteiger partial charge in [-0.1, -0.05) is 56.3 Å². The zero-order valence-corrected chi connectivity index (χ0v) is 33.9. The number of aromatic nitrogens is 2. The lowest BCUT2D eigenvalue weighted by Gasteiger charge is -2.28. The normalized spacial score (nSPS) is 20.8. The van der Waals surface area contributed by atoms with E-state index in [9.17, 15) is 41.9 Å². The third kappa shape index (κ3) is 11.0. The number of carbonyl (C=O) groups is 6. The number of fused-ring (bicyclic) bond motifs is 2. The molecule has 0 radical (unpaired) electrons. The van der Waals surface area contributed by atoms with Gasteiger partial charge in [0, 0.05) is 36.5 Å². The van der Waals surface area contributed by atoms with Gasteiger partial charge in [-0.15, -0.1) is 22.7 Å². The van der Waals surface area contributed by atoms with E-state index >= 15 is 0 Å². The highest BCUT2D eigenvalue weighted by molar-refractivity contribution is 7.13. The number of nitrogens with zero attached hydrogens (tertiary/aromatic N) is 4. The molecule has 0 saturated carbocycles. The number of nitrogens with one attached hydrogen (secondary N) is 4. The molecule has 0 unspecified atom stereocenters. The summed E-state index contributed by atoms with van der Waals surface area (Å²) in [6, 6.07) is 9.62. The fourth-order valence-corrected chi connectivity index (χ4v) is 7.61. The molecule has 0 saturated heterocycles. The molecular weight excluding hydrogens is 798 g/mol. The molecule has 5 rings (SSSR count). The van der Waals surface area contributed by atoms with Crippen molar-refractivity contribution in [1.82, 2.24) is 41.0 Å². The van der Waals surface area contributed by atoms with Gasteiger partial charge in [-0.3, -0.25) is 28.8 Å². The Hall–Kier alpha value is -5.69. The molecule has 14 nitrogen and oxygen atoms in total. The molecule has 0 aliphatic carbocycles. The average molecular weight is 841 g/mol. The molecule has 4 atom stereocenters. The number of hydrogen-bond donors (Lipinski definition) is 4. The van der Waals surface area contributed by atoms with Crippen molar-refractivity contribution in [1.29, 1.82) is 0 Å². The topological polar surface area (TPSA) is 183 Å². The Bertz CT molecular complexity index is 2130. The van der Waals surface area contributed by atoms with E-state index in [-0.39, 0.29) is 35.9 Å². The summed E-state index contributed by atoms with van der Waals surface area (Å²) in [5.41, 5.74) is 0.285. The number of likely N-dealkylation sites (N-methyl/N-ethyl adjacent to an activating group) is 1. The summed E-state index contributed by atoms with van der Waals surface area (Å²) in [6.07, 6.45) is -4.26. The van der Waals surface area contributed by atoms with Crippen LogP contribution in [0.25, 0.3) is 10.6 Å². The van der Waals surface area contributed by atoms with Crippen LogP contribution >= 0.6 is 22.7 Å². The molecule has 308 valence electrons. The summed E-state index contributed by atoms with van der Waals surface area (Å²) in [4.78, 5) is 92.6. The second kappa shape index (κ2) is 18.7. The van der Waals surface area contributed by atoms with Gasteiger partial charge in [0.15, 0.2) is 0 Å². The second-order valence-electron chi connectivity index (χ2n) is 14.1. The first-order valence-corrected chi connectivity index (χ1v) is 20.0. The molecular formula is C39H43F3N8O6S2. The fourth-order valence-electron chi connectivity index (χ4n) is 5.96. The summed E-state index contributed by atoms with van der Waals surface area (Å²) < 4.78 is 39.5. The summed E-state index contributed by atoms with van der Waals surface area (Å²) in [7, 11) is 1.47. The number of thiazole rings is 2. The van der Waals surface area contributed by atoms with Crippen molar-refractivity contribution in [2.24, 2.45) is 5.92 Å². The zero-order chi connectivity index (χ0) is 42.3. The summed E-state index contributed by atoms with van der Waals surface area (Å²) in [5.74, 6) is -4.12. The predicted octanol–water partition coefficient (Wildman–Crippen LogP) is 4.06. The number of hydrogen-bond acceptors (Lipinski definition) is 10. The number of alkyl halides is 3. The van der Waals surface area contributed by atoms with Crippen molar-refractivity contribution < 1.29 is 41.9 Å². The zero-order valence-electron chi connectivity index (χ0n) is 32.3. The minimum Gasteiger partial charge on any atom is -0.345 e. The Labute approximate surface area is 340 Å². The Morgan fingerprint density at radius 1 is 0.845 bits per heavy atom. The first kappa shape index (κ1) is 43.4. The summed E-state index contributed by atoms with van der Waals surface area (Å²) in [5, 5.41) is 14.4. The highest BCUT2D eigenvalue weighted by Crippen LogP contribution is 2.32. The first-order valence-electron chi connectivity index (χ1n) is 18.3. The van der Waals surface area contributed by atoms with Gasteiger partial charge in [0.05, 0.1) is 18.2 Å². The number of halogens is 3. The lowest BCUT2D eigenvalue weighted by Crippen LogP contribution is -2.57. The van der Waals surface area contributed by atoms with Crippen LogP contribution in [0.2, 0.25) is 0 Å². The van der Waals surface area contributed by atoms with Gasteiger partial charge in [0.1, 0.15) is 39.5 Å². The largest absolute Gasteiger partial charge is 0.416 e. The summed E-state index contributed by atoms with van der Waals surface area (Å²) in [6.45, 7) is 5.63. The van der Waals surface area contributed by atoms with Gasteiger partial charge in [0.25, 0.3) is 11.8 Å². The summed E-state index contributed by atoms with van der Waals surface area (Å²) >= 11 is 2.15. The van der Waals surface area contributed by atoms with Crippen LogP contribution in [-0.2, 0) is 31.8 Å². The van der Waals surface area contributed by atoms with Crippen LogP contribution in [-0.4, -0.2) is 100 Å². The van der Waals surface area contributed by atoms with Crippen LogP contribution in [0.5, 0.6) is 0 Å². The van der Waals surface area contributed by atoms with Crippen molar-refractivity contribution >= 4 is 58.1 Å². The molecule has 19 heteroatoms. The number of benzene rings is 2. The Morgan fingerprint density at radius 2 is 1.53 bits per heavy atom. The second-order valence-corrected chi connectivity index (χ2v) is 15.9. The lowest BCUT2D eigenvalue weighted by atomic mass is 10.0. The van der Waals surface area contributed by atoms with Crippen LogP contribution in [0.1, 0.15) is 70.8 Å². The molecule has 3 heterocycles. The SMILES string of the molecule is CC(C)[C@@H]1NC(=O)[C@H](C)NC(=O)c2csc(n2)[C@H](Cc2ccccc2)NC(=O)CN(C(=O)c2csc(-c3ccc(C(F)(F)F)cc3)n2)CCN(C)C(=O)[C@@H](C)NC1=O. The lowest BCUT2D eigenvalue weighted by molar-refractivity contribution is -0.137. The molecule has 4 aromatic rings. The maximum atomic E-state index is 14.1. The van der Waals surface area contributed by atoms with Crippen LogP contribution in [0.3, 0.4) is 0 Å². The minimum atomic E-state index is -4.53. The van der Waals surface area contributed by atoms with E-state index in [1.54, 1.807) is 13.8 Å². The van der Waals surface area contributed by atoms with Crippen LogP contribution in [0.15, 0.2) is 65.4 Å². The van der Waals surface area contributed by atoms with Crippen molar-refractivity contribution in [3.63, 3.8) is 0 Å². The predicted molar refractivity (Wildman–Crippen MR) is 211 cm³/mol. The number of amides is 6. The molecule has 4 N–H and O–H groups in total. The third-order valence-corrected chi connectivity index (χ3v) is 11.1. The van der Waals surface area contributed by atoms with Gasteiger partial charge >= 0.3 is 6.18 Å². The van der Waals surface area contributed by atoms with Gasteiger partial charge in [-0.25, -0.2) is 9.97 Å². The molecule has 1 aliphatic rings. The Morgan fingerprint density at radius 3 is 2.19 bits per heavy atom. The van der Waals surface area contributed by atoms with E-state index in [2.05, 4.69) is 31.2 Å². The van der Waals surface area contributed by atoms with Crippen molar-refractivity contribution in [2.75, 3.05) is 26.7 Å². The van der Waals surface area contributed by atoms with Crippen LogP contribution in [0.4, 0.5) is 13.2 Å². The fraction of sp³-hybridized carbons (Fsp3) is 0.385. The van der Waals surface area contributed by atoms with Crippen LogP contribution in [0, 0.1) is 5.92 Å². The highest BCUT2D eigenvalue weighted by atomic mass is 32.1. The third-order valence-electron chi connectivity index (χ3n) is 9.27. The average Bonchev–Trinajstić information content (AvgIpc) is 3.89. The standard InChI is InChI=1S/C39H43F3N8O6S2/c1-21(2)31-34(54)44-23(4)37(55)49(5)15-16-50(38(56)29-20-57-35(47-29)25-11-13-26(14-12-25)39(40,41)42)18-30(51)45-27(17-24-9-7-6-8-10-24)36-46-28(19-58-36)33(53)43-22(3)32(52)48-31/h6-14,19-23,27,31H,15-18H2,1-5H3,(H,43,53)(H,44,54)(H,45,51)(H,48,52)/t22-,23+,27-,31-/m0/s1. The van der Waals surface area contributed by atoms with E-state index in [0.29, 0.717) is 10.6 Å². The van der Waals surface area contributed by atoms with E-state index in [1.165, 1.54) is 53.6 Å². The van der Waals surface area contributed by atoms with Crippen LogP contribution < -0.4 is 21.3 Å². The Kier molecular flexibility index (Phi) is 14.0. The van der Waals surface area contributed by atoms with E-state index in [4.69, 9.17) is 0 Å². The minimum absolute atomic E-state index is 0.00411. The van der Waals surface area contributed by atoms with Crippen molar-refractivity contribution in [2.45, 2.75) is 64.5 Å². The van der Waals surface area contributed by atoms with E-state index < -0.39 is 83.8 Å². The van der Waals surface area contributed by atoms with Gasteiger partial charge in [0.2, 0.25) is 23.6 Å². The van der Waals surface area contributed by atoms with Gasteiger partial charge < -0.3 is 31.1 Å². The molecule has 1 aliphatic heterocycles. The molecule has 0 spiro atoms. The number of rotatable bonds is 5. The molecule has 0 fully saturated rings. The van der Waals surface area contributed by atoms with E-state index in [0.717, 1.165) is 40.4 Å². The van der Waals surface area contributed by atoms with E-state index in [1.807, 2.05) is 30.3 Å². The highest BCUT2D eigenvalue weighted by Gasteiger charge is 2.33. The first-order chi connectivity index (χ1) is 27.4. The smallest absolute Gasteiger partial charge is 0.345 e.